The average Bonchev–Trinajstić information content (AvgIpc) is 4.08. The molecule has 1 saturated carbocycles. The number of aromatic hydroxyl groups is 1. The van der Waals surface area contributed by atoms with Crippen molar-refractivity contribution in [1.29, 1.82) is 0 Å². The molecule has 0 aromatic heterocycles. The van der Waals surface area contributed by atoms with Gasteiger partial charge in [-0.3, -0.25) is 57.5 Å². The summed E-state index contributed by atoms with van der Waals surface area (Å²) < 4.78 is 0. The molecule has 0 aliphatic heterocycles. The Morgan fingerprint density at radius 3 is 1.82 bits per heavy atom. The largest absolute Gasteiger partial charge is 0.508 e. The first-order valence-corrected chi connectivity index (χ1v) is 23.9. The molecule has 2 rings (SSSR count). The molecule has 0 spiro atoms. The summed E-state index contributed by atoms with van der Waals surface area (Å²) >= 11 is 0. The molecule has 9 atom stereocenters. The number of carbonyl (C=O) groups is 12. The first kappa shape index (κ1) is 60.8. The Bertz CT molecular complexity index is 2120. The van der Waals surface area contributed by atoms with Gasteiger partial charge in [-0.1, -0.05) is 46.2 Å². The molecule has 72 heavy (non-hydrogen) atoms. The molecule has 0 saturated heterocycles. The highest BCUT2D eigenvalue weighted by Crippen LogP contribution is 2.41. The Morgan fingerprint density at radius 2 is 1.26 bits per heavy atom. The lowest BCUT2D eigenvalue weighted by molar-refractivity contribution is -0.138. The second kappa shape index (κ2) is 29.8. The fraction of sp³-hybridized carbons (Fsp3) is 0.617. The van der Waals surface area contributed by atoms with Crippen molar-refractivity contribution in [3.63, 3.8) is 0 Å². The number of hydrogen-bond donors (Lipinski definition) is 12. The van der Waals surface area contributed by atoms with Crippen LogP contribution in [0.25, 0.3) is 0 Å². The van der Waals surface area contributed by atoms with Crippen molar-refractivity contribution in [2.75, 3.05) is 27.2 Å². The quantitative estimate of drug-likeness (QED) is 0.0337. The van der Waals surface area contributed by atoms with E-state index in [9.17, 15) is 62.6 Å². The lowest BCUT2D eigenvalue weighted by Gasteiger charge is -2.29. The third-order valence-corrected chi connectivity index (χ3v) is 12.0. The fourth-order valence-corrected chi connectivity index (χ4v) is 7.66. The van der Waals surface area contributed by atoms with E-state index in [-0.39, 0.29) is 55.8 Å². The van der Waals surface area contributed by atoms with Crippen LogP contribution in [-0.2, 0) is 64.0 Å². The number of hydrogen-bond acceptors (Lipinski definition) is 13. The van der Waals surface area contributed by atoms with Gasteiger partial charge in [0, 0.05) is 52.7 Å². The molecule has 400 valence electrons. The number of nitrogens with zero attached hydrogens (tertiary/aromatic N) is 1. The van der Waals surface area contributed by atoms with Crippen LogP contribution in [0.3, 0.4) is 0 Å². The number of amides is 12. The van der Waals surface area contributed by atoms with Gasteiger partial charge in [-0.05, 0) is 67.6 Å². The normalized spacial score (nSPS) is 16.6. The second-order valence-electron chi connectivity index (χ2n) is 18.6. The maximum atomic E-state index is 14.0. The van der Waals surface area contributed by atoms with Gasteiger partial charge in [-0.2, -0.15) is 0 Å². The molecule has 1 aliphatic rings. The van der Waals surface area contributed by atoms with E-state index in [2.05, 4.69) is 42.5 Å². The van der Waals surface area contributed by atoms with Crippen molar-refractivity contribution in [3.8, 4) is 5.75 Å². The summed E-state index contributed by atoms with van der Waals surface area (Å²) in [5.41, 5.74) is 16.7. The number of phenolic OH excluding ortho intramolecular Hbond substituents is 1. The number of nitrogens with one attached hydrogen (secondary N) is 8. The molecule has 9 unspecified atom stereocenters. The Morgan fingerprint density at radius 1 is 0.694 bits per heavy atom. The smallest absolute Gasteiger partial charge is 0.245 e. The number of likely N-dealkylation sites (N-methyl/N-ethyl adjacent to an activating group) is 1. The lowest BCUT2D eigenvalue weighted by atomic mass is 9.96. The number of nitrogens with two attached hydrogens (primary N) is 3. The third kappa shape index (κ3) is 21.7. The summed E-state index contributed by atoms with van der Waals surface area (Å²) in [6.45, 7) is 8.05. The summed E-state index contributed by atoms with van der Waals surface area (Å²) in [6.07, 6.45) is -0.706. The number of phenols is 1. The molecule has 1 aliphatic carbocycles. The van der Waals surface area contributed by atoms with Gasteiger partial charge in [0.25, 0.3) is 0 Å². The van der Waals surface area contributed by atoms with Gasteiger partial charge < -0.3 is 69.7 Å². The third-order valence-electron chi connectivity index (χ3n) is 12.0. The Balaban J connectivity index is 2.24. The van der Waals surface area contributed by atoms with E-state index in [1.54, 1.807) is 26.0 Å². The highest BCUT2D eigenvalue weighted by Gasteiger charge is 2.44. The molecule has 1 aromatic carbocycles. The van der Waals surface area contributed by atoms with E-state index < -0.39 is 132 Å². The zero-order valence-corrected chi connectivity index (χ0v) is 42.1. The molecule has 25 heteroatoms. The van der Waals surface area contributed by atoms with Crippen LogP contribution in [0.4, 0.5) is 0 Å². The summed E-state index contributed by atoms with van der Waals surface area (Å²) in [5, 5.41) is 30.1. The second-order valence-corrected chi connectivity index (χ2v) is 18.6. The molecule has 0 radical (unpaired) electrons. The zero-order chi connectivity index (χ0) is 54.4. The summed E-state index contributed by atoms with van der Waals surface area (Å²) in [5.74, 6) is -10.2. The molecule has 15 N–H and O–H groups in total. The molecule has 1 fully saturated rings. The van der Waals surface area contributed by atoms with Gasteiger partial charge >= 0.3 is 0 Å². The maximum Gasteiger partial charge on any atom is 0.245 e. The van der Waals surface area contributed by atoms with Crippen molar-refractivity contribution < 1.29 is 62.6 Å². The molecule has 0 bridgehead atoms. The van der Waals surface area contributed by atoms with Crippen molar-refractivity contribution >= 4 is 70.9 Å². The fourth-order valence-electron chi connectivity index (χ4n) is 7.66. The van der Waals surface area contributed by atoms with Crippen molar-refractivity contribution in [2.24, 2.45) is 40.9 Å². The van der Waals surface area contributed by atoms with Crippen molar-refractivity contribution in [2.45, 2.75) is 135 Å². The number of rotatable bonds is 32. The summed E-state index contributed by atoms with van der Waals surface area (Å²) in [4.78, 5) is 156. The monoisotopic (exact) mass is 1010 g/mol. The van der Waals surface area contributed by atoms with Crippen molar-refractivity contribution in [3.05, 3.63) is 29.8 Å². The minimum absolute atomic E-state index is 0.0192. The molecule has 12 amide bonds. The first-order valence-electron chi connectivity index (χ1n) is 23.9. The predicted molar refractivity (Wildman–Crippen MR) is 260 cm³/mol. The predicted octanol–water partition coefficient (Wildman–Crippen LogP) is -3.29. The van der Waals surface area contributed by atoms with Gasteiger partial charge in [0.2, 0.25) is 70.9 Å². The SMILES string of the molecule is CCC(C)C(NC(=O)C(Cc1ccc(O)cc1)NC(C)=O)C(=O)NC(CCC(N)=O)C(=O)NC(CC(N)=O)C(=O)NC(CCC(=O)NC)C(=O)NCCC1CC1C(=O)NC(CC(C)C)C(=O)N(C)CC(N)=O. The van der Waals surface area contributed by atoms with Crippen LogP contribution in [0.5, 0.6) is 5.75 Å². The van der Waals surface area contributed by atoms with Gasteiger partial charge in [0.05, 0.1) is 13.0 Å². The van der Waals surface area contributed by atoms with Crippen LogP contribution < -0.4 is 59.7 Å². The maximum absolute atomic E-state index is 14.0. The van der Waals surface area contributed by atoms with E-state index >= 15 is 0 Å². The Kier molecular flexibility index (Phi) is 25.1. The average molecular weight is 1020 g/mol. The van der Waals surface area contributed by atoms with E-state index in [1.165, 1.54) is 33.2 Å². The minimum Gasteiger partial charge on any atom is -0.508 e. The first-order chi connectivity index (χ1) is 33.8. The highest BCUT2D eigenvalue weighted by molar-refractivity contribution is 5.98. The van der Waals surface area contributed by atoms with Gasteiger partial charge in [0.15, 0.2) is 0 Å². The topological polar surface area (TPSA) is 403 Å². The summed E-state index contributed by atoms with van der Waals surface area (Å²) in [7, 11) is 2.78. The van der Waals surface area contributed by atoms with Crippen LogP contribution in [-0.4, -0.2) is 144 Å². The van der Waals surface area contributed by atoms with Crippen LogP contribution in [0.15, 0.2) is 24.3 Å². The molecule has 25 nitrogen and oxygen atoms in total. The Hall–Kier alpha value is -7.34. The summed E-state index contributed by atoms with van der Waals surface area (Å²) in [6, 6.07) is -2.22. The molecular weight excluding hydrogens is 941 g/mol. The van der Waals surface area contributed by atoms with Crippen LogP contribution in [0, 0.1) is 23.7 Å². The van der Waals surface area contributed by atoms with E-state index in [0.717, 1.165) is 4.90 Å². The van der Waals surface area contributed by atoms with Gasteiger partial charge in [0.1, 0.15) is 42.0 Å². The van der Waals surface area contributed by atoms with E-state index in [4.69, 9.17) is 17.2 Å². The van der Waals surface area contributed by atoms with E-state index in [1.807, 2.05) is 13.8 Å². The van der Waals surface area contributed by atoms with Crippen LogP contribution in [0.2, 0.25) is 0 Å². The van der Waals surface area contributed by atoms with Gasteiger partial charge in [-0.25, -0.2) is 0 Å². The standard InChI is InChI=1S/C47H74N12O13/c1-8-25(4)40(58-45(70)33(53-26(5)60)20-27-9-11-29(61)12-10-27)46(71)55-32(13-15-36(48)62)43(68)56-34(22-37(49)63)44(69)54-31(14-16-39(65)51-6)42(67)52-18-17-28-21-30(28)41(66)57-35(19-24(2)3)47(72)59(7)23-38(50)64/h9-12,24-25,28,30-35,40,61H,8,13-23H2,1-7H3,(H2,48,62)(H2,49,63)(H2,50,64)(H,51,65)(H,52,67)(H,53,60)(H,54,69)(H,55,71)(H,56,68)(H,57,66)(H,58,70). The molecule has 1 aromatic rings. The Labute approximate surface area is 418 Å². The highest BCUT2D eigenvalue weighted by atomic mass is 16.3. The van der Waals surface area contributed by atoms with Crippen LogP contribution in [0.1, 0.15) is 98.0 Å². The number of carbonyl (C=O) groups excluding carboxylic acids is 12. The van der Waals surface area contributed by atoms with Crippen molar-refractivity contribution in [1.82, 2.24) is 47.4 Å². The lowest BCUT2D eigenvalue weighted by Crippen LogP contribution is -2.60. The molecular formula is C47H74N12O13. The molecule has 0 heterocycles. The number of benzene rings is 1. The minimum atomic E-state index is -1.76. The zero-order valence-electron chi connectivity index (χ0n) is 42.1. The van der Waals surface area contributed by atoms with E-state index in [0.29, 0.717) is 31.2 Å². The van der Waals surface area contributed by atoms with Crippen LogP contribution >= 0.6 is 0 Å². The van der Waals surface area contributed by atoms with Gasteiger partial charge in [-0.15, -0.1) is 0 Å². The number of primary amides is 3.